The Morgan fingerprint density at radius 3 is 2.34 bits per heavy atom. The normalized spacial score (nSPS) is 15.1. The molecule has 0 unspecified atom stereocenters. The topological polar surface area (TPSA) is 50.6 Å². The number of piperazine rings is 1. The Bertz CT molecular complexity index is 1140. The first-order chi connectivity index (χ1) is 15.4. The first-order valence-corrected chi connectivity index (χ1v) is 10.5. The molecule has 1 aliphatic rings. The van der Waals surface area contributed by atoms with Crippen LogP contribution in [0.25, 0.3) is 11.3 Å². The van der Waals surface area contributed by atoms with Crippen LogP contribution >= 0.6 is 0 Å². The monoisotopic (exact) mass is 440 g/mol. The maximum absolute atomic E-state index is 14.3. The molecule has 2 heterocycles. The van der Waals surface area contributed by atoms with Crippen LogP contribution in [0.5, 0.6) is 5.75 Å². The van der Waals surface area contributed by atoms with Gasteiger partial charge in [0.05, 0.1) is 19.3 Å². The van der Waals surface area contributed by atoms with Crippen LogP contribution in [0, 0.1) is 11.6 Å². The highest BCUT2D eigenvalue weighted by molar-refractivity contribution is 5.60. The van der Waals surface area contributed by atoms with E-state index in [1.807, 2.05) is 0 Å². The molecule has 0 saturated carbocycles. The number of nitrogens with zero attached hydrogens (tertiary/aromatic N) is 4. The van der Waals surface area contributed by atoms with Crippen molar-refractivity contribution < 1.29 is 13.5 Å². The summed E-state index contributed by atoms with van der Waals surface area (Å²) in [7, 11) is 3.49. The largest absolute Gasteiger partial charge is 0.494 e. The summed E-state index contributed by atoms with van der Waals surface area (Å²) >= 11 is 0. The zero-order valence-electron chi connectivity index (χ0n) is 18.2. The number of rotatable bonds is 6. The summed E-state index contributed by atoms with van der Waals surface area (Å²) in [6, 6.07) is 12.3. The van der Waals surface area contributed by atoms with Gasteiger partial charge < -0.3 is 9.64 Å². The van der Waals surface area contributed by atoms with E-state index in [-0.39, 0.29) is 23.7 Å². The van der Waals surface area contributed by atoms with E-state index >= 15 is 0 Å². The van der Waals surface area contributed by atoms with Crippen molar-refractivity contribution in [2.75, 3.05) is 40.3 Å². The van der Waals surface area contributed by atoms with Gasteiger partial charge in [-0.2, -0.15) is 5.10 Å². The number of hydrogen-bond donors (Lipinski definition) is 0. The van der Waals surface area contributed by atoms with Crippen LogP contribution in [-0.4, -0.2) is 59.9 Å². The standard InChI is InChI=1S/C24H26F2N4O2/c1-28-9-11-29(12-10-28)16-19-14-22(18-5-8-23(32-2)21(26)13-18)27-30(24(19)31)15-17-3-6-20(25)7-4-17/h3-8,13-14H,9-12,15-16H2,1-2H3. The van der Waals surface area contributed by atoms with Gasteiger partial charge in [-0.1, -0.05) is 12.1 Å². The first-order valence-electron chi connectivity index (χ1n) is 10.5. The molecule has 0 radical (unpaired) electrons. The molecule has 32 heavy (non-hydrogen) atoms. The third kappa shape index (κ3) is 5.03. The molecule has 0 spiro atoms. The summed E-state index contributed by atoms with van der Waals surface area (Å²) in [5, 5.41) is 4.50. The molecule has 0 N–H and O–H groups in total. The van der Waals surface area contributed by atoms with Gasteiger partial charge in [-0.25, -0.2) is 13.5 Å². The van der Waals surface area contributed by atoms with E-state index in [2.05, 4.69) is 21.9 Å². The maximum Gasteiger partial charge on any atom is 0.271 e. The third-order valence-corrected chi connectivity index (χ3v) is 5.73. The first kappa shape index (κ1) is 22.1. The second-order valence-electron chi connectivity index (χ2n) is 8.07. The number of hydrogen-bond acceptors (Lipinski definition) is 5. The highest BCUT2D eigenvalue weighted by atomic mass is 19.1. The van der Waals surface area contributed by atoms with Crippen molar-refractivity contribution in [1.82, 2.24) is 19.6 Å². The average molecular weight is 440 g/mol. The number of likely N-dealkylation sites (N-methyl/N-ethyl adjacent to an activating group) is 1. The Kier molecular flexibility index (Phi) is 6.62. The van der Waals surface area contributed by atoms with Gasteiger partial charge in [0.15, 0.2) is 11.6 Å². The average Bonchev–Trinajstić information content (AvgIpc) is 2.79. The molecule has 0 atom stereocenters. The maximum atomic E-state index is 14.3. The van der Waals surface area contributed by atoms with Gasteiger partial charge in [-0.05, 0) is 49.0 Å². The van der Waals surface area contributed by atoms with Gasteiger partial charge in [0.2, 0.25) is 0 Å². The van der Waals surface area contributed by atoms with E-state index < -0.39 is 5.82 Å². The van der Waals surface area contributed by atoms with Gasteiger partial charge in [-0.15, -0.1) is 0 Å². The van der Waals surface area contributed by atoms with E-state index in [1.54, 1.807) is 30.3 Å². The van der Waals surface area contributed by atoms with Crippen molar-refractivity contribution in [3.63, 3.8) is 0 Å². The van der Waals surface area contributed by atoms with Crippen LogP contribution < -0.4 is 10.3 Å². The molecule has 4 rings (SSSR count). The van der Waals surface area contributed by atoms with Gasteiger partial charge in [0, 0.05) is 43.9 Å². The Labute approximate surface area is 185 Å². The molecule has 6 nitrogen and oxygen atoms in total. The highest BCUT2D eigenvalue weighted by Crippen LogP contribution is 2.24. The predicted octanol–water partition coefficient (Wildman–Crippen LogP) is 2.99. The third-order valence-electron chi connectivity index (χ3n) is 5.73. The van der Waals surface area contributed by atoms with Crippen LogP contribution in [0.15, 0.2) is 53.3 Å². The van der Waals surface area contributed by atoms with Crippen molar-refractivity contribution in [3.8, 4) is 17.0 Å². The summed E-state index contributed by atoms with van der Waals surface area (Å²) in [5.74, 6) is -0.693. The molecular formula is C24H26F2N4O2. The zero-order valence-corrected chi connectivity index (χ0v) is 18.2. The Hall–Kier alpha value is -3.10. The van der Waals surface area contributed by atoms with Crippen LogP contribution in [-0.2, 0) is 13.1 Å². The van der Waals surface area contributed by atoms with E-state index in [0.29, 0.717) is 23.4 Å². The Morgan fingerprint density at radius 2 is 1.69 bits per heavy atom. The second-order valence-corrected chi connectivity index (χ2v) is 8.07. The highest BCUT2D eigenvalue weighted by Gasteiger charge is 2.18. The lowest BCUT2D eigenvalue weighted by Crippen LogP contribution is -2.45. The number of ether oxygens (including phenoxy) is 1. The molecule has 8 heteroatoms. The molecule has 0 bridgehead atoms. The van der Waals surface area contributed by atoms with E-state index in [4.69, 9.17) is 4.74 Å². The SMILES string of the molecule is COc1ccc(-c2cc(CN3CCN(C)CC3)c(=O)n(Cc3ccc(F)cc3)n2)cc1F. The minimum absolute atomic E-state index is 0.144. The minimum Gasteiger partial charge on any atom is -0.494 e. The van der Waals surface area contributed by atoms with Crippen molar-refractivity contribution in [2.45, 2.75) is 13.1 Å². The number of benzene rings is 2. The summed E-state index contributed by atoms with van der Waals surface area (Å²) in [5.41, 5.74) is 2.20. The minimum atomic E-state index is -0.497. The summed E-state index contributed by atoms with van der Waals surface area (Å²) in [4.78, 5) is 17.7. The lowest BCUT2D eigenvalue weighted by molar-refractivity contribution is 0.147. The van der Waals surface area contributed by atoms with Crippen LogP contribution in [0.4, 0.5) is 8.78 Å². The van der Waals surface area contributed by atoms with Crippen molar-refractivity contribution in [1.29, 1.82) is 0 Å². The fourth-order valence-electron chi connectivity index (χ4n) is 3.79. The van der Waals surface area contributed by atoms with Crippen molar-refractivity contribution in [2.24, 2.45) is 0 Å². The molecule has 0 amide bonds. The van der Waals surface area contributed by atoms with E-state index in [1.165, 1.54) is 30.0 Å². The Morgan fingerprint density at radius 1 is 0.969 bits per heavy atom. The number of methoxy groups -OCH3 is 1. The Balaban J connectivity index is 1.72. The van der Waals surface area contributed by atoms with Gasteiger partial charge in [-0.3, -0.25) is 9.69 Å². The van der Waals surface area contributed by atoms with E-state index in [9.17, 15) is 13.6 Å². The fourth-order valence-corrected chi connectivity index (χ4v) is 3.79. The molecule has 168 valence electrons. The summed E-state index contributed by atoms with van der Waals surface area (Å²) < 4.78 is 34.0. The molecule has 0 aliphatic carbocycles. The second kappa shape index (κ2) is 9.58. The van der Waals surface area contributed by atoms with Crippen molar-refractivity contribution in [3.05, 3.63) is 81.6 Å². The van der Waals surface area contributed by atoms with E-state index in [0.717, 1.165) is 31.7 Å². The van der Waals surface area contributed by atoms with Gasteiger partial charge in [0.1, 0.15) is 5.82 Å². The molecule has 3 aromatic rings. The smallest absolute Gasteiger partial charge is 0.271 e. The number of aromatic nitrogens is 2. The molecular weight excluding hydrogens is 414 g/mol. The fraction of sp³-hybridized carbons (Fsp3) is 0.333. The molecule has 1 aromatic heterocycles. The van der Waals surface area contributed by atoms with Crippen LogP contribution in [0.3, 0.4) is 0 Å². The van der Waals surface area contributed by atoms with Crippen molar-refractivity contribution >= 4 is 0 Å². The molecule has 2 aromatic carbocycles. The summed E-state index contributed by atoms with van der Waals surface area (Å²) in [6.45, 7) is 4.29. The zero-order chi connectivity index (χ0) is 22.7. The van der Waals surface area contributed by atoms with Crippen LogP contribution in [0.1, 0.15) is 11.1 Å². The molecule has 1 saturated heterocycles. The molecule has 1 aliphatic heterocycles. The predicted molar refractivity (Wildman–Crippen MR) is 119 cm³/mol. The molecule has 1 fully saturated rings. The van der Waals surface area contributed by atoms with Gasteiger partial charge >= 0.3 is 0 Å². The quantitative estimate of drug-likeness (QED) is 0.590. The summed E-state index contributed by atoms with van der Waals surface area (Å²) in [6.07, 6.45) is 0. The lowest BCUT2D eigenvalue weighted by atomic mass is 10.1. The van der Waals surface area contributed by atoms with Crippen LogP contribution in [0.2, 0.25) is 0 Å². The lowest BCUT2D eigenvalue weighted by Gasteiger charge is -2.32. The number of halogens is 2. The van der Waals surface area contributed by atoms with Gasteiger partial charge in [0.25, 0.3) is 5.56 Å².